The third kappa shape index (κ3) is 3.72. The van der Waals surface area contributed by atoms with E-state index in [0.717, 1.165) is 22.3 Å². The quantitative estimate of drug-likeness (QED) is 0.763. The van der Waals surface area contributed by atoms with Crippen LogP contribution in [0.4, 0.5) is 4.39 Å². The van der Waals surface area contributed by atoms with E-state index in [9.17, 15) is 9.90 Å². The molecule has 8 heteroatoms. The molecule has 1 amide bonds. The number of halogens is 1. The van der Waals surface area contributed by atoms with Gasteiger partial charge in [-0.25, -0.2) is 19.3 Å². The molecule has 2 aromatic heterocycles. The summed E-state index contributed by atoms with van der Waals surface area (Å²) in [4.78, 5) is 24.7. The minimum Gasteiger partial charge on any atom is -0.417 e. The number of carbonyl (C=O) groups excluding carboxylic acids is 1. The number of nitrogens with one attached hydrogen (secondary N) is 1. The first-order valence-corrected chi connectivity index (χ1v) is 10.4. The molecule has 3 heterocycles. The fourth-order valence-corrected chi connectivity index (χ4v) is 4.25. The zero-order chi connectivity index (χ0) is 22.1. The van der Waals surface area contributed by atoms with Gasteiger partial charge in [-0.3, -0.25) is 4.79 Å². The van der Waals surface area contributed by atoms with E-state index in [0.29, 0.717) is 42.5 Å². The van der Waals surface area contributed by atoms with E-state index in [1.807, 2.05) is 13.8 Å². The summed E-state index contributed by atoms with van der Waals surface area (Å²) in [6, 6.07) is 0. The summed E-state index contributed by atoms with van der Waals surface area (Å²) in [6.07, 6.45) is 6.10. The lowest BCUT2D eigenvalue weighted by molar-refractivity contribution is -0.117. The average Bonchev–Trinajstić information content (AvgIpc) is 2.78. The highest BCUT2D eigenvalue weighted by Crippen LogP contribution is 2.42. The monoisotopic (exact) mass is 424 g/mol. The zero-order valence-corrected chi connectivity index (χ0v) is 17.8. The van der Waals surface area contributed by atoms with E-state index >= 15 is 4.39 Å². The smallest absolute Gasteiger partial charge is 0.258 e. The summed E-state index contributed by atoms with van der Waals surface area (Å²) in [7, 11) is 0. The van der Waals surface area contributed by atoms with Crippen molar-refractivity contribution in [3.8, 4) is 11.8 Å². The van der Waals surface area contributed by atoms with Gasteiger partial charge in [-0.15, -0.1) is 0 Å². The Labute approximate surface area is 180 Å². The van der Waals surface area contributed by atoms with E-state index in [-0.39, 0.29) is 30.2 Å². The van der Waals surface area contributed by atoms with E-state index < -0.39 is 5.82 Å². The van der Waals surface area contributed by atoms with E-state index in [4.69, 9.17) is 4.74 Å². The van der Waals surface area contributed by atoms with Crippen LogP contribution < -0.4 is 10.1 Å². The lowest BCUT2D eigenvalue weighted by Gasteiger charge is -2.30. The van der Waals surface area contributed by atoms with Gasteiger partial charge >= 0.3 is 0 Å². The van der Waals surface area contributed by atoms with Crippen LogP contribution in [0, 0.1) is 11.7 Å². The fourth-order valence-electron chi connectivity index (χ4n) is 4.25. The van der Waals surface area contributed by atoms with Crippen molar-refractivity contribution in [3.05, 3.63) is 57.9 Å². The summed E-state index contributed by atoms with van der Waals surface area (Å²) in [6.45, 7) is 6.29. The van der Waals surface area contributed by atoms with Crippen LogP contribution in [0.25, 0.3) is 5.57 Å². The van der Waals surface area contributed by atoms with Gasteiger partial charge in [0.2, 0.25) is 5.88 Å². The van der Waals surface area contributed by atoms with Crippen LogP contribution in [0.5, 0.6) is 11.8 Å². The van der Waals surface area contributed by atoms with Crippen LogP contribution in [0.1, 0.15) is 50.3 Å². The first-order valence-electron chi connectivity index (χ1n) is 10.4. The normalized spacial score (nSPS) is 18.7. The molecule has 0 saturated heterocycles. The molecule has 0 aromatic carbocycles. The molecule has 1 aliphatic carbocycles. The van der Waals surface area contributed by atoms with Crippen molar-refractivity contribution in [1.82, 2.24) is 20.3 Å². The maximum Gasteiger partial charge on any atom is 0.258 e. The lowest BCUT2D eigenvalue weighted by Crippen LogP contribution is -2.37. The Balaban J connectivity index is 1.84. The molecule has 2 aliphatic rings. The fraction of sp³-hybridized carbons (Fsp3) is 0.391. The van der Waals surface area contributed by atoms with Gasteiger partial charge in [0.25, 0.3) is 11.8 Å². The molecule has 0 unspecified atom stereocenters. The number of allylic oxidation sites excluding steroid dienone is 1. The third-order valence-electron chi connectivity index (χ3n) is 6.07. The van der Waals surface area contributed by atoms with Crippen molar-refractivity contribution in [2.45, 2.75) is 46.6 Å². The number of fused-ring (bicyclic) bond motifs is 1. The van der Waals surface area contributed by atoms with Crippen molar-refractivity contribution in [1.29, 1.82) is 0 Å². The number of aryl methyl sites for hydroxylation is 1. The number of aliphatic hydroxyl groups excluding tert-OH is 1. The van der Waals surface area contributed by atoms with Crippen molar-refractivity contribution >= 4 is 11.5 Å². The summed E-state index contributed by atoms with van der Waals surface area (Å²) < 4.78 is 21.3. The van der Waals surface area contributed by atoms with Crippen molar-refractivity contribution in [2.24, 2.45) is 5.92 Å². The summed E-state index contributed by atoms with van der Waals surface area (Å²) >= 11 is 0. The number of hydrogen-bond donors (Lipinski definition) is 2. The summed E-state index contributed by atoms with van der Waals surface area (Å²) in [5.41, 5.74) is 4.98. The second-order valence-electron chi connectivity index (χ2n) is 7.87. The predicted octanol–water partition coefficient (Wildman–Crippen LogP) is 3.49. The molecular weight excluding hydrogens is 399 g/mol. The molecule has 0 radical (unpaired) electrons. The van der Waals surface area contributed by atoms with Gasteiger partial charge in [-0.2, -0.15) is 0 Å². The average molecular weight is 424 g/mol. The van der Waals surface area contributed by atoms with Crippen LogP contribution in [-0.4, -0.2) is 32.5 Å². The SMILES string of the molecule is CCC1=C(C2=C(C)[C@H](C)CNC2=O)CCc2cnc(Oc3ncncc3CO)c(F)c21. The molecule has 0 spiro atoms. The predicted molar refractivity (Wildman–Crippen MR) is 113 cm³/mol. The Morgan fingerprint density at radius 3 is 2.81 bits per heavy atom. The Morgan fingerprint density at radius 2 is 2.06 bits per heavy atom. The molecule has 0 bridgehead atoms. The maximum absolute atomic E-state index is 15.7. The number of ether oxygens (including phenoxy) is 1. The number of hydrogen-bond acceptors (Lipinski definition) is 6. The first-order chi connectivity index (χ1) is 15.0. The van der Waals surface area contributed by atoms with Gasteiger partial charge in [0, 0.05) is 30.1 Å². The number of nitrogens with zero attached hydrogens (tertiary/aromatic N) is 3. The second kappa shape index (κ2) is 8.55. The summed E-state index contributed by atoms with van der Waals surface area (Å²) in [5, 5.41) is 12.4. The molecule has 162 valence electrons. The number of aliphatic hydroxyl groups is 1. The van der Waals surface area contributed by atoms with Crippen LogP contribution >= 0.6 is 0 Å². The van der Waals surface area contributed by atoms with Crippen molar-refractivity contribution < 1.29 is 19.0 Å². The standard InChI is InChI=1S/C23H25FN4O3/c1-4-16-17(18-13(3)12(2)7-26-21(18)30)6-5-14-9-27-23(20(24)19(14)16)31-22-15(10-29)8-25-11-28-22/h8-9,11-12,29H,4-7,10H2,1-3H3,(H,26,30)/t12-/m1/s1. The molecule has 0 saturated carbocycles. The second-order valence-corrected chi connectivity index (χ2v) is 7.87. The number of rotatable bonds is 5. The van der Waals surface area contributed by atoms with Gasteiger partial charge in [-0.1, -0.05) is 19.4 Å². The minimum atomic E-state index is -0.587. The molecule has 31 heavy (non-hydrogen) atoms. The van der Waals surface area contributed by atoms with E-state index in [1.165, 1.54) is 12.5 Å². The molecule has 0 fully saturated rings. The molecule has 4 rings (SSSR count). The minimum absolute atomic E-state index is 0.0564. The van der Waals surface area contributed by atoms with E-state index in [1.54, 1.807) is 6.20 Å². The van der Waals surface area contributed by atoms with Gasteiger partial charge in [0.15, 0.2) is 5.82 Å². The van der Waals surface area contributed by atoms with Gasteiger partial charge in [0.1, 0.15) is 6.33 Å². The zero-order valence-electron chi connectivity index (χ0n) is 17.8. The van der Waals surface area contributed by atoms with Crippen LogP contribution in [0.15, 0.2) is 35.4 Å². The number of carbonyl (C=O) groups is 1. The van der Waals surface area contributed by atoms with Gasteiger partial charge in [-0.05, 0) is 48.8 Å². The molecule has 1 aliphatic heterocycles. The highest BCUT2D eigenvalue weighted by atomic mass is 19.1. The number of amides is 1. The molecular formula is C23H25FN4O3. The summed E-state index contributed by atoms with van der Waals surface area (Å²) in [5.74, 6) is -0.612. The lowest BCUT2D eigenvalue weighted by atomic mass is 9.78. The third-order valence-corrected chi connectivity index (χ3v) is 6.07. The first kappa shape index (κ1) is 21.1. The highest BCUT2D eigenvalue weighted by Gasteiger charge is 2.32. The Hall–Kier alpha value is -3.13. The van der Waals surface area contributed by atoms with Gasteiger partial charge in [0.05, 0.1) is 12.2 Å². The molecule has 2 N–H and O–H groups in total. The molecule has 1 atom stereocenters. The number of aromatic nitrogens is 3. The van der Waals surface area contributed by atoms with Crippen LogP contribution in [-0.2, 0) is 17.8 Å². The van der Waals surface area contributed by atoms with Crippen LogP contribution in [0.3, 0.4) is 0 Å². The molecule has 2 aromatic rings. The Bertz CT molecular complexity index is 1110. The van der Waals surface area contributed by atoms with E-state index in [2.05, 4.69) is 27.2 Å². The Kier molecular flexibility index (Phi) is 5.82. The Morgan fingerprint density at radius 1 is 1.26 bits per heavy atom. The molecule has 7 nitrogen and oxygen atoms in total. The largest absolute Gasteiger partial charge is 0.417 e. The van der Waals surface area contributed by atoms with Crippen molar-refractivity contribution in [3.63, 3.8) is 0 Å². The van der Waals surface area contributed by atoms with Crippen molar-refractivity contribution in [2.75, 3.05) is 6.54 Å². The van der Waals surface area contributed by atoms with Crippen LogP contribution in [0.2, 0.25) is 0 Å². The highest BCUT2D eigenvalue weighted by molar-refractivity contribution is 6.02. The number of pyridine rings is 1. The topological polar surface area (TPSA) is 97.2 Å². The maximum atomic E-state index is 15.7. The van der Waals surface area contributed by atoms with Gasteiger partial charge < -0.3 is 15.2 Å².